The molecule has 0 aliphatic heterocycles. The Bertz CT molecular complexity index is 583. The summed E-state index contributed by atoms with van der Waals surface area (Å²) >= 11 is 0. The molecule has 0 radical (unpaired) electrons. The largest absolute Gasteiger partial charge is 0.481 e. The van der Waals surface area contributed by atoms with Crippen LogP contribution in [0.4, 0.5) is 0 Å². The van der Waals surface area contributed by atoms with E-state index in [1.54, 1.807) is 13.8 Å². The van der Waals surface area contributed by atoms with Crippen molar-refractivity contribution in [1.29, 1.82) is 0 Å². The fourth-order valence-corrected chi connectivity index (χ4v) is 2.08. The van der Waals surface area contributed by atoms with Crippen LogP contribution in [0.2, 0.25) is 0 Å². The molecule has 0 saturated carbocycles. The highest BCUT2D eigenvalue weighted by molar-refractivity contribution is 5.92. The van der Waals surface area contributed by atoms with Gasteiger partial charge in [-0.2, -0.15) is 0 Å². The van der Waals surface area contributed by atoms with Gasteiger partial charge < -0.3 is 37.0 Å². The zero-order valence-corrected chi connectivity index (χ0v) is 15.8. The van der Waals surface area contributed by atoms with Crippen LogP contribution in [0.15, 0.2) is 0 Å². The molecule has 0 fully saturated rings. The van der Waals surface area contributed by atoms with E-state index in [0.29, 0.717) is 6.42 Å². The van der Waals surface area contributed by atoms with Crippen molar-refractivity contribution in [2.24, 2.45) is 11.7 Å². The molecule has 0 aromatic carbocycles. The van der Waals surface area contributed by atoms with Crippen molar-refractivity contribution in [3.05, 3.63) is 0 Å². The molecule has 8 N–H and O–H groups in total. The molecule has 0 spiro atoms. The fraction of sp³-hybridized carbons (Fsp3) is 0.688. The highest BCUT2D eigenvalue weighted by Crippen LogP contribution is 2.07. The third-order valence-corrected chi connectivity index (χ3v) is 4.04. The molecule has 12 heteroatoms. The lowest BCUT2D eigenvalue weighted by molar-refractivity contribution is -0.143. The summed E-state index contributed by atoms with van der Waals surface area (Å²) in [4.78, 5) is 57.3. The van der Waals surface area contributed by atoms with Crippen LogP contribution in [0, 0.1) is 5.92 Å². The number of hydrogen-bond acceptors (Lipinski definition) is 7. The number of amides is 3. The summed E-state index contributed by atoms with van der Waals surface area (Å²) in [5.74, 6) is -5.13. The quantitative estimate of drug-likeness (QED) is 0.171. The van der Waals surface area contributed by atoms with Gasteiger partial charge in [-0.3, -0.25) is 19.2 Å². The average molecular weight is 404 g/mol. The van der Waals surface area contributed by atoms with Crippen LogP contribution in [0.25, 0.3) is 0 Å². The van der Waals surface area contributed by atoms with Crippen molar-refractivity contribution in [3.8, 4) is 0 Å². The summed E-state index contributed by atoms with van der Waals surface area (Å²) in [6, 6.07) is -3.70. The average Bonchev–Trinajstić information content (AvgIpc) is 2.65. The van der Waals surface area contributed by atoms with E-state index >= 15 is 0 Å². The second kappa shape index (κ2) is 12.6. The second-order valence-corrected chi connectivity index (χ2v) is 6.27. The number of carbonyl (C=O) groups excluding carboxylic acids is 3. The summed E-state index contributed by atoms with van der Waals surface area (Å²) in [5, 5.41) is 33.6. The van der Waals surface area contributed by atoms with Gasteiger partial charge in [0.2, 0.25) is 17.7 Å². The van der Waals surface area contributed by atoms with Crippen LogP contribution < -0.4 is 21.7 Å². The van der Waals surface area contributed by atoms with Gasteiger partial charge in [0.25, 0.3) is 0 Å². The number of nitrogens with two attached hydrogens (primary N) is 1. The van der Waals surface area contributed by atoms with Crippen molar-refractivity contribution in [2.45, 2.75) is 51.2 Å². The molecule has 0 aromatic rings. The van der Waals surface area contributed by atoms with Gasteiger partial charge >= 0.3 is 11.9 Å². The maximum absolute atomic E-state index is 12.0. The lowest BCUT2D eigenvalue weighted by Crippen LogP contribution is -2.55. The molecule has 0 heterocycles. The molecule has 12 nitrogen and oxygen atoms in total. The van der Waals surface area contributed by atoms with E-state index in [1.165, 1.54) is 0 Å². The van der Waals surface area contributed by atoms with E-state index in [4.69, 9.17) is 15.9 Å². The van der Waals surface area contributed by atoms with Gasteiger partial charge in [0, 0.05) is 6.42 Å². The lowest BCUT2D eigenvalue weighted by atomic mass is 9.99. The molecule has 4 atom stereocenters. The van der Waals surface area contributed by atoms with Crippen molar-refractivity contribution < 1.29 is 39.3 Å². The minimum atomic E-state index is -1.40. The Kier molecular flexibility index (Phi) is 11.4. The zero-order chi connectivity index (χ0) is 21.9. The molecule has 4 unspecified atom stereocenters. The molecular weight excluding hydrogens is 376 g/mol. The van der Waals surface area contributed by atoms with Gasteiger partial charge in [-0.05, 0) is 12.3 Å². The zero-order valence-electron chi connectivity index (χ0n) is 15.8. The molecule has 0 rings (SSSR count). The van der Waals surface area contributed by atoms with Crippen LogP contribution >= 0.6 is 0 Å². The monoisotopic (exact) mass is 404 g/mol. The van der Waals surface area contributed by atoms with Crippen molar-refractivity contribution in [3.63, 3.8) is 0 Å². The molecular formula is C16H28N4O8. The third kappa shape index (κ3) is 9.28. The smallest absolute Gasteiger partial charge is 0.326 e. The first kappa shape index (κ1) is 25.3. The summed E-state index contributed by atoms with van der Waals surface area (Å²) in [7, 11) is 0. The van der Waals surface area contributed by atoms with Crippen LogP contribution in [0.1, 0.15) is 33.1 Å². The summed E-state index contributed by atoms with van der Waals surface area (Å²) < 4.78 is 0. The summed E-state index contributed by atoms with van der Waals surface area (Å²) in [5.41, 5.74) is 5.51. The SMILES string of the molecule is CCC(C)C(NC(=O)CNC(=O)C(CO)NC(=O)C(N)CCC(=O)O)C(=O)O. The molecule has 160 valence electrons. The van der Waals surface area contributed by atoms with Crippen molar-refractivity contribution >= 4 is 29.7 Å². The number of carbonyl (C=O) groups is 5. The number of carboxylic acids is 2. The first-order valence-electron chi connectivity index (χ1n) is 8.71. The summed E-state index contributed by atoms with van der Waals surface area (Å²) in [6.07, 6.45) is 0.0194. The number of rotatable bonds is 13. The van der Waals surface area contributed by atoms with E-state index in [1.807, 2.05) is 0 Å². The molecule has 0 bridgehead atoms. The Balaban J connectivity index is 4.60. The number of hydrogen-bond donors (Lipinski definition) is 7. The van der Waals surface area contributed by atoms with Gasteiger partial charge in [0.1, 0.15) is 12.1 Å². The Morgan fingerprint density at radius 3 is 2.11 bits per heavy atom. The van der Waals surface area contributed by atoms with Crippen molar-refractivity contribution in [1.82, 2.24) is 16.0 Å². The standard InChI is InChI=1S/C16H28N4O8/c1-3-8(2)13(16(27)28)20-11(22)6-18-15(26)10(7-21)19-14(25)9(17)4-5-12(23)24/h8-10,13,21H,3-7,17H2,1-2H3,(H,18,26)(H,19,25)(H,20,22)(H,23,24)(H,27,28). The second-order valence-electron chi connectivity index (χ2n) is 6.27. The molecule has 28 heavy (non-hydrogen) atoms. The van der Waals surface area contributed by atoms with E-state index in [0.717, 1.165) is 0 Å². The Morgan fingerprint density at radius 1 is 1.04 bits per heavy atom. The number of aliphatic hydroxyl groups excluding tert-OH is 1. The number of nitrogens with one attached hydrogen (secondary N) is 3. The van der Waals surface area contributed by atoms with E-state index < -0.39 is 60.9 Å². The highest BCUT2D eigenvalue weighted by atomic mass is 16.4. The number of carboxylic acid groups (broad SMARTS) is 2. The van der Waals surface area contributed by atoms with Crippen molar-refractivity contribution in [2.75, 3.05) is 13.2 Å². The molecule has 3 amide bonds. The van der Waals surface area contributed by atoms with E-state index in [2.05, 4.69) is 16.0 Å². The normalized spacial score (nSPS) is 14.9. The maximum atomic E-state index is 12.0. The lowest BCUT2D eigenvalue weighted by Gasteiger charge is -2.21. The van der Waals surface area contributed by atoms with Crippen LogP contribution in [0.3, 0.4) is 0 Å². The number of aliphatic carboxylic acids is 2. The Hall–Kier alpha value is -2.73. The maximum Gasteiger partial charge on any atom is 0.326 e. The van der Waals surface area contributed by atoms with Crippen LogP contribution in [0.5, 0.6) is 0 Å². The van der Waals surface area contributed by atoms with E-state index in [-0.39, 0.29) is 18.8 Å². The minimum absolute atomic E-state index is 0.157. The molecule has 0 aromatic heterocycles. The first-order valence-corrected chi connectivity index (χ1v) is 8.71. The van der Waals surface area contributed by atoms with E-state index in [9.17, 15) is 29.1 Å². The summed E-state index contributed by atoms with van der Waals surface area (Å²) in [6.45, 7) is 2.08. The topological polar surface area (TPSA) is 208 Å². The predicted octanol–water partition coefficient (Wildman–Crippen LogP) is -2.61. The Morgan fingerprint density at radius 2 is 1.64 bits per heavy atom. The van der Waals surface area contributed by atoms with Gasteiger partial charge in [0.05, 0.1) is 19.2 Å². The third-order valence-electron chi connectivity index (χ3n) is 4.04. The van der Waals surface area contributed by atoms with Gasteiger partial charge in [-0.25, -0.2) is 4.79 Å². The van der Waals surface area contributed by atoms with Gasteiger partial charge in [-0.15, -0.1) is 0 Å². The Labute approximate surface area is 161 Å². The number of aliphatic hydroxyl groups is 1. The van der Waals surface area contributed by atoms with Crippen LogP contribution in [-0.4, -0.2) is 76.3 Å². The van der Waals surface area contributed by atoms with Gasteiger partial charge in [-0.1, -0.05) is 20.3 Å². The first-order chi connectivity index (χ1) is 13.0. The highest BCUT2D eigenvalue weighted by Gasteiger charge is 2.27. The van der Waals surface area contributed by atoms with Gasteiger partial charge in [0.15, 0.2) is 0 Å². The fourth-order valence-electron chi connectivity index (χ4n) is 2.08. The van der Waals surface area contributed by atoms with Crippen LogP contribution in [-0.2, 0) is 24.0 Å². The predicted molar refractivity (Wildman–Crippen MR) is 95.9 cm³/mol. The molecule has 0 saturated heterocycles. The minimum Gasteiger partial charge on any atom is -0.481 e. The molecule has 0 aliphatic rings. The molecule has 0 aliphatic carbocycles.